The van der Waals surface area contributed by atoms with Gasteiger partial charge in [-0.25, -0.2) is 0 Å². The van der Waals surface area contributed by atoms with Crippen LogP contribution in [0.1, 0.15) is 22.5 Å². The van der Waals surface area contributed by atoms with Gasteiger partial charge in [0.05, 0.1) is 11.8 Å². The highest BCUT2D eigenvalue weighted by molar-refractivity contribution is 5.91. The van der Waals surface area contributed by atoms with Gasteiger partial charge in [-0.2, -0.15) is 13.2 Å². The topological polar surface area (TPSA) is 65.8 Å². The van der Waals surface area contributed by atoms with E-state index in [0.717, 1.165) is 12.1 Å². The van der Waals surface area contributed by atoms with Crippen molar-refractivity contribution in [1.29, 1.82) is 0 Å². The van der Waals surface area contributed by atoms with E-state index in [-0.39, 0.29) is 18.2 Å². The van der Waals surface area contributed by atoms with Crippen molar-refractivity contribution in [3.8, 4) is 0 Å². The maximum Gasteiger partial charge on any atom is 0.416 e. The summed E-state index contributed by atoms with van der Waals surface area (Å²) >= 11 is 0. The third-order valence-electron chi connectivity index (χ3n) is 4.54. The van der Waals surface area contributed by atoms with Crippen LogP contribution < -0.4 is 5.32 Å². The molecule has 2 heterocycles. The Bertz CT molecular complexity index is 796. The van der Waals surface area contributed by atoms with E-state index in [9.17, 15) is 22.8 Å². The smallest absolute Gasteiger partial charge is 0.416 e. The van der Waals surface area contributed by atoms with E-state index in [2.05, 4.69) is 10.2 Å². The average molecular weight is 395 g/mol. The number of furan rings is 1. The quantitative estimate of drug-likeness (QED) is 0.845. The summed E-state index contributed by atoms with van der Waals surface area (Å²) < 4.78 is 42.7. The SMILES string of the molecule is O=C(CCN1CCN(C(=O)c2ccco2)CC1)Nc1ccc(C(F)(F)F)cc1. The number of alkyl halides is 3. The molecule has 0 unspecified atom stereocenters. The molecule has 1 aromatic heterocycles. The summed E-state index contributed by atoms with van der Waals surface area (Å²) in [5.41, 5.74) is -0.431. The molecule has 1 aliphatic heterocycles. The molecule has 1 N–H and O–H groups in total. The van der Waals surface area contributed by atoms with Crippen LogP contribution in [0.25, 0.3) is 0 Å². The van der Waals surface area contributed by atoms with E-state index in [0.29, 0.717) is 44.2 Å². The van der Waals surface area contributed by atoms with Crippen LogP contribution in [-0.2, 0) is 11.0 Å². The Kier molecular flexibility index (Phi) is 6.03. The van der Waals surface area contributed by atoms with Crippen molar-refractivity contribution in [1.82, 2.24) is 9.80 Å². The van der Waals surface area contributed by atoms with Crippen LogP contribution in [0.4, 0.5) is 18.9 Å². The molecule has 28 heavy (non-hydrogen) atoms. The van der Waals surface area contributed by atoms with E-state index in [1.54, 1.807) is 17.0 Å². The first-order chi connectivity index (χ1) is 13.3. The summed E-state index contributed by atoms with van der Waals surface area (Å²) in [5.74, 6) is -0.108. The van der Waals surface area contributed by atoms with Gasteiger partial charge in [-0.3, -0.25) is 14.5 Å². The highest BCUT2D eigenvalue weighted by Gasteiger charge is 2.30. The number of piperazine rings is 1. The lowest BCUT2D eigenvalue weighted by atomic mass is 10.2. The molecule has 0 radical (unpaired) electrons. The second kappa shape index (κ2) is 8.47. The van der Waals surface area contributed by atoms with E-state index >= 15 is 0 Å². The van der Waals surface area contributed by atoms with Crippen LogP contribution in [0.15, 0.2) is 47.1 Å². The first kappa shape index (κ1) is 19.9. The summed E-state index contributed by atoms with van der Waals surface area (Å²) in [6.07, 6.45) is -2.73. The van der Waals surface area contributed by atoms with Gasteiger partial charge in [-0.15, -0.1) is 0 Å². The number of nitrogens with one attached hydrogen (secondary N) is 1. The standard InChI is InChI=1S/C19H20F3N3O3/c20-19(21,22)14-3-5-15(6-4-14)23-17(26)7-8-24-9-11-25(12-10-24)18(27)16-2-1-13-28-16/h1-6,13H,7-12H2,(H,23,26). The lowest BCUT2D eigenvalue weighted by Gasteiger charge is -2.34. The van der Waals surface area contributed by atoms with Crippen LogP contribution in [-0.4, -0.2) is 54.3 Å². The fraction of sp³-hybridized carbons (Fsp3) is 0.368. The monoisotopic (exact) mass is 395 g/mol. The van der Waals surface area contributed by atoms with Crippen molar-refractivity contribution < 1.29 is 27.2 Å². The minimum atomic E-state index is -4.40. The third kappa shape index (κ3) is 5.13. The molecule has 1 fully saturated rings. The summed E-state index contributed by atoms with van der Waals surface area (Å²) in [5, 5.41) is 2.60. The molecule has 0 aliphatic carbocycles. The number of carbonyl (C=O) groups excluding carboxylic acids is 2. The predicted molar refractivity (Wildman–Crippen MR) is 95.7 cm³/mol. The molecular weight excluding hydrogens is 375 g/mol. The number of halogens is 3. The Labute approximate surface area is 159 Å². The van der Waals surface area contributed by atoms with Crippen molar-refractivity contribution in [3.05, 3.63) is 54.0 Å². The molecule has 2 amide bonds. The van der Waals surface area contributed by atoms with Gasteiger partial charge in [0.15, 0.2) is 5.76 Å². The zero-order valence-corrected chi connectivity index (χ0v) is 15.0. The molecule has 0 saturated carbocycles. The molecule has 0 atom stereocenters. The number of carbonyl (C=O) groups is 2. The van der Waals surface area contributed by atoms with Crippen LogP contribution in [0.5, 0.6) is 0 Å². The van der Waals surface area contributed by atoms with Gasteiger partial charge in [0, 0.05) is 44.8 Å². The molecule has 1 saturated heterocycles. The first-order valence-corrected chi connectivity index (χ1v) is 8.85. The maximum absolute atomic E-state index is 12.5. The Morgan fingerprint density at radius 3 is 2.29 bits per heavy atom. The molecule has 9 heteroatoms. The van der Waals surface area contributed by atoms with Gasteiger partial charge >= 0.3 is 6.18 Å². The van der Waals surface area contributed by atoms with Gasteiger partial charge in [0.25, 0.3) is 5.91 Å². The molecule has 0 bridgehead atoms. The minimum absolute atomic E-state index is 0.148. The zero-order valence-electron chi connectivity index (χ0n) is 15.0. The Morgan fingerprint density at radius 1 is 1.04 bits per heavy atom. The number of hydrogen-bond donors (Lipinski definition) is 1. The first-order valence-electron chi connectivity index (χ1n) is 8.85. The fourth-order valence-corrected chi connectivity index (χ4v) is 2.96. The highest BCUT2D eigenvalue weighted by Crippen LogP contribution is 2.29. The van der Waals surface area contributed by atoms with Crippen LogP contribution in [0, 0.1) is 0 Å². The second-order valence-electron chi connectivity index (χ2n) is 6.48. The molecule has 2 aromatic rings. The second-order valence-corrected chi connectivity index (χ2v) is 6.48. The van der Waals surface area contributed by atoms with Gasteiger partial charge in [0.2, 0.25) is 5.91 Å². The van der Waals surface area contributed by atoms with Gasteiger partial charge in [-0.05, 0) is 36.4 Å². The van der Waals surface area contributed by atoms with Crippen molar-refractivity contribution >= 4 is 17.5 Å². The number of hydrogen-bond acceptors (Lipinski definition) is 4. The normalized spacial score (nSPS) is 15.5. The number of benzene rings is 1. The minimum Gasteiger partial charge on any atom is -0.459 e. The molecular formula is C19H20F3N3O3. The molecule has 6 nitrogen and oxygen atoms in total. The number of amides is 2. The van der Waals surface area contributed by atoms with Crippen molar-refractivity contribution in [2.75, 3.05) is 38.0 Å². The predicted octanol–water partition coefficient (Wildman–Crippen LogP) is 3.09. The van der Waals surface area contributed by atoms with Gasteiger partial charge in [0.1, 0.15) is 0 Å². The van der Waals surface area contributed by atoms with Gasteiger partial charge < -0.3 is 14.6 Å². The summed E-state index contributed by atoms with van der Waals surface area (Å²) in [4.78, 5) is 28.0. The van der Waals surface area contributed by atoms with Crippen LogP contribution in [0.2, 0.25) is 0 Å². The maximum atomic E-state index is 12.5. The lowest BCUT2D eigenvalue weighted by Crippen LogP contribution is -2.49. The molecule has 150 valence electrons. The van der Waals surface area contributed by atoms with E-state index in [1.807, 2.05) is 0 Å². The van der Waals surface area contributed by atoms with E-state index < -0.39 is 11.7 Å². The van der Waals surface area contributed by atoms with Crippen molar-refractivity contribution in [2.24, 2.45) is 0 Å². The number of rotatable bonds is 5. The Morgan fingerprint density at radius 2 is 1.71 bits per heavy atom. The summed E-state index contributed by atoms with van der Waals surface area (Å²) in [6.45, 7) is 2.87. The Hall–Kier alpha value is -2.81. The van der Waals surface area contributed by atoms with E-state index in [4.69, 9.17) is 4.42 Å². The zero-order chi connectivity index (χ0) is 20.1. The highest BCUT2D eigenvalue weighted by atomic mass is 19.4. The largest absolute Gasteiger partial charge is 0.459 e. The molecule has 1 aromatic carbocycles. The van der Waals surface area contributed by atoms with E-state index in [1.165, 1.54) is 18.4 Å². The van der Waals surface area contributed by atoms with Crippen LogP contribution in [0.3, 0.4) is 0 Å². The lowest BCUT2D eigenvalue weighted by molar-refractivity contribution is -0.137. The molecule has 3 rings (SSSR count). The number of anilines is 1. The fourth-order valence-electron chi connectivity index (χ4n) is 2.96. The molecule has 1 aliphatic rings. The third-order valence-corrected chi connectivity index (χ3v) is 4.54. The van der Waals surface area contributed by atoms with Crippen LogP contribution >= 0.6 is 0 Å². The Balaban J connectivity index is 1.40. The number of nitrogens with zero attached hydrogens (tertiary/aromatic N) is 2. The van der Waals surface area contributed by atoms with Gasteiger partial charge in [-0.1, -0.05) is 0 Å². The summed E-state index contributed by atoms with van der Waals surface area (Å²) in [6, 6.07) is 7.63. The van der Waals surface area contributed by atoms with Crippen molar-refractivity contribution in [3.63, 3.8) is 0 Å². The van der Waals surface area contributed by atoms with Crippen molar-refractivity contribution in [2.45, 2.75) is 12.6 Å². The summed E-state index contributed by atoms with van der Waals surface area (Å²) in [7, 11) is 0. The average Bonchev–Trinajstić information content (AvgIpc) is 3.21. The molecule has 0 spiro atoms.